The summed E-state index contributed by atoms with van der Waals surface area (Å²) in [6, 6.07) is 12.5. The largest absolute Gasteiger partial charge is 0.454 e. The van der Waals surface area contributed by atoms with Gasteiger partial charge in [-0.1, -0.05) is 32.9 Å². The molecule has 1 aliphatic heterocycles. The van der Waals surface area contributed by atoms with Gasteiger partial charge in [0.2, 0.25) is 5.91 Å². The number of amides is 2. The predicted molar refractivity (Wildman–Crippen MR) is 98.4 cm³/mol. The molecule has 0 aliphatic carbocycles. The summed E-state index contributed by atoms with van der Waals surface area (Å²) in [6.45, 7) is 6.02. The number of hydrogen-bond acceptors (Lipinski definition) is 3. The first-order valence-corrected chi connectivity index (χ1v) is 8.23. The Morgan fingerprint density at radius 3 is 2.56 bits per heavy atom. The van der Waals surface area contributed by atoms with Crippen LogP contribution in [0.15, 0.2) is 42.5 Å². The zero-order chi connectivity index (χ0) is 18.2. The van der Waals surface area contributed by atoms with Gasteiger partial charge in [0, 0.05) is 19.2 Å². The van der Waals surface area contributed by atoms with Crippen LogP contribution in [-0.2, 0) is 4.79 Å². The first kappa shape index (κ1) is 17.0. The highest BCUT2D eigenvalue weighted by atomic mass is 16.5. The average Bonchev–Trinajstić information content (AvgIpc) is 2.62. The summed E-state index contributed by atoms with van der Waals surface area (Å²) >= 11 is 0. The van der Waals surface area contributed by atoms with E-state index in [1.165, 1.54) is 0 Å². The zero-order valence-electron chi connectivity index (χ0n) is 14.9. The molecule has 0 fully saturated rings. The quantitative estimate of drug-likeness (QED) is 0.880. The first-order chi connectivity index (χ1) is 11.7. The third kappa shape index (κ3) is 3.65. The monoisotopic (exact) mass is 338 g/mol. The minimum Gasteiger partial charge on any atom is -0.454 e. The van der Waals surface area contributed by atoms with Crippen molar-refractivity contribution >= 4 is 23.2 Å². The lowest BCUT2D eigenvalue weighted by Gasteiger charge is -2.18. The molecule has 0 atom stereocenters. The molecule has 1 aliphatic rings. The summed E-state index contributed by atoms with van der Waals surface area (Å²) in [4.78, 5) is 26.5. The molecule has 3 rings (SSSR count). The summed E-state index contributed by atoms with van der Waals surface area (Å²) in [7, 11) is 1.71. The summed E-state index contributed by atoms with van der Waals surface area (Å²) in [5.41, 5.74) is 1.62. The summed E-state index contributed by atoms with van der Waals surface area (Å²) in [5, 5.41) is 2.86. The fraction of sp³-hybridized carbons (Fsp3) is 0.300. The van der Waals surface area contributed by atoms with Gasteiger partial charge in [-0.3, -0.25) is 9.59 Å². The van der Waals surface area contributed by atoms with E-state index in [9.17, 15) is 9.59 Å². The van der Waals surface area contributed by atoms with Crippen LogP contribution in [0.5, 0.6) is 11.5 Å². The molecular formula is C20H22N2O3. The number of benzene rings is 2. The number of nitrogens with one attached hydrogen (secondary N) is 1. The van der Waals surface area contributed by atoms with E-state index < -0.39 is 0 Å². The van der Waals surface area contributed by atoms with Gasteiger partial charge in [0.25, 0.3) is 5.91 Å². The highest BCUT2D eigenvalue weighted by Gasteiger charge is 2.26. The second-order valence-electron chi connectivity index (χ2n) is 7.43. The smallest absolute Gasteiger partial charge is 0.261 e. The van der Waals surface area contributed by atoms with Crippen LogP contribution in [-0.4, -0.2) is 18.9 Å². The van der Waals surface area contributed by atoms with E-state index in [1.54, 1.807) is 30.1 Å². The van der Waals surface area contributed by atoms with Crippen LogP contribution in [0.3, 0.4) is 0 Å². The fourth-order valence-corrected chi connectivity index (χ4v) is 2.78. The summed E-state index contributed by atoms with van der Waals surface area (Å²) < 4.78 is 5.91. The molecule has 2 aromatic carbocycles. The van der Waals surface area contributed by atoms with Crippen molar-refractivity contribution in [3.8, 4) is 11.5 Å². The number of nitrogens with zero attached hydrogens (tertiary/aromatic N) is 1. The molecule has 0 radical (unpaired) electrons. The summed E-state index contributed by atoms with van der Waals surface area (Å²) in [6.07, 6.45) is 0.403. The second kappa shape index (κ2) is 6.24. The maximum atomic E-state index is 12.8. The Morgan fingerprint density at radius 1 is 1.12 bits per heavy atom. The van der Waals surface area contributed by atoms with Crippen molar-refractivity contribution in [2.24, 2.45) is 5.41 Å². The first-order valence-electron chi connectivity index (χ1n) is 8.23. The second-order valence-corrected chi connectivity index (χ2v) is 7.43. The van der Waals surface area contributed by atoms with Crippen LogP contribution in [0.25, 0.3) is 0 Å². The van der Waals surface area contributed by atoms with Gasteiger partial charge in [-0.2, -0.15) is 0 Å². The van der Waals surface area contributed by atoms with Gasteiger partial charge in [-0.25, -0.2) is 0 Å². The van der Waals surface area contributed by atoms with Crippen LogP contribution in [0, 0.1) is 5.41 Å². The lowest BCUT2D eigenvalue weighted by Crippen LogP contribution is -2.25. The molecule has 0 aromatic heterocycles. The summed E-state index contributed by atoms with van der Waals surface area (Å²) in [5.74, 6) is 0.857. The number of anilines is 2. The molecular weight excluding hydrogens is 316 g/mol. The van der Waals surface area contributed by atoms with Crippen LogP contribution in [0.4, 0.5) is 11.4 Å². The van der Waals surface area contributed by atoms with Gasteiger partial charge in [-0.05, 0) is 35.7 Å². The topological polar surface area (TPSA) is 58.6 Å². The van der Waals surface area contributed by atoms with Crippen molar-refractivity contribution in [3.63, 3.8) is 0 Å². The molecule has 0 spiro atoms. The van der Waals surface area contributed by atoms with Gasteiger partial charge in [0.1, 0.15) is 5.75 Å². The average molecular weight is 338 g/mol. The van der Waals surface area contributed by atoms with Crippen molar-refractivity contribution in [1.29, 1.82) is 0 Å². The maximum Gasteiger partial charge on any atom is 0.261 e. The number of hydrogen-bond donors (Lipinski definition) is 1. The Balaban J connectivity index is 1.91. The number of para-hydroxylation sites is 2. The van der Waals surface area contributed by atoms with E-state index in [0.29, 0.717) is 34.9 Å². The van der Waals surface area contributed by atoms with Crippen molar-refractivity contribution < 1.29 is 14.3 Å². The van der Waals surface area contributed by atoms with E-state index in [-0.39, 0.29) is 17.2 Å². The number of carbonyl (C=O) groups is 2. The minimum atomic E-state index is -0.174. The lowest BCUT2D eigenvalue weighted by molar-refractivity contribution is -0.117. The molecule has 5 heteroatoms. The van der Waals surface area contributed by atoms with Crippen molar-refractivity contribution in [1.82, 2.24) is 0 Å². The molecule has 25 heavy (non-hydrogen) atoms. The number of carbonyl (C=O) groups excluding carboxylic acids is 2. The van der Waals surface area contributed by atoms with Crippen LogP contribution < -0.4 is 15.0 Å². The van der Waals surface area contributed by atoms with Crippen molar-refractivity contribution in [2.75, 3.05) is 17.3 Å². The standard InChI is InChI=1S/C20H22N2O3/c1-20(2,3)12-18(23)21-13-9-10-16-14(11-13)19(24)22(4)15-7-5-6-8-17(15)25-16/h5-11H,12H2,1-4H3,(H,21,23). The SMILES string of the molecule is CN1C(=O)c2cc(NC(=O)CC(C)(C)C)ccc2Oc2ccccc21. The molecule has 2 aromatic rings. The van der Waals surface area contributed by atoms with E-state index in [4.69, 9.17) is 4.74 Å². The number of ether oxygens (including phenoxy) is 1. The number of rotatable bonds is 2. The van der Waals surface area contributed by atoms with E-state index in [0.717, 1.165) is 0 Å². The minimum absolute atomic E-state index is 0.0777. The third-order valence-electron chi connectivity index (χ3n) is 3.94. The van der Waals surface area contributed by atoms with Crippen molar-refractivity contribution in [3.05, 3.63) is 48.0 Å². The molecule has 0 saturated carbocycles. The van der Waals surface area contributed by atoms with Gasteiger partial charge in [-0.15, -0.1) is 0 Å². The van der Waals surface area contributed by atoms with E-state index in [2.05, 4.69) is 5.32 Å². The fourth-order valence-electron chi connectivity index (χ4n) is 2.78. The molecule has 130 valence electrons. The molecule has 0 unspecified atom stereocenters. The molecule has 0 bridgehead atoms. The Hall–Kier alpha value is -2.82. The van der Waals surface area contributed by atoms with Gasteiger partial charge in [0.05, 0.1) is 11.3 Å². The predicted octanol–water partition coefficient (Wildman–Crippen LogP) is 4.44. The Kier molecular flexibility index (Phi) is 4.25. The van der Waals surface area contributed by atoms with Crippen LogP contribution in [0.2, 0.25) is 0 Å². The lowest BCUT2D eigenvalue weighted by atomic mass is 9.92. The zero-order valence-corrected chi connectivity index (χ0v) is 14.9. The Morgan fingerprint density at radius 2 is 1.84 bits per heavy atom. The normalized spacial score (nSPS) is 13.4. The molecule has 2 amide bonds. The maximum absolute atomic E-state index is 12.8. The Bertz CT molecular complexity index is 837. The van der Waals surface area contributed by atoms with Gasteiger partial charge >= 0.3 is 0 Å². The highest BCUT2D eigenvalue weighted by molar-refractivity contribution is 6.10. The van der Waals surface area contributed by atoms with E-state index in [1.807, 2.05) is 45.0 Å². The number of fused-ring (bicyclic) bond motifs is 2. The van der Waals surface area contributed by atoms with Crippen molar-refractivity contribution in [2.45, 2.75) is 27.2 Å². The van der Waals surface area contributed by atoms with E-state index >= 15 is 0 Å². The highest BCUT2D eigenvalue weighted by Crippen LogP contribution is 2.38. The molecule has 0 saturated heterocycles. The van der Waals surface area contributed by atoms with Gasteiger partial charge in [0.15, 0.2) is 5.75 Å². The van der Waals surface area contributed by atoms with Gasteiger partial charge < -0.3 is 15.0 Å². The third-order valence-corrected chi connectivity index (χ3v) is 3.94. The molecule has 5 nitrogen and oxygen atoms in total. The Labute approximate surface area is 147 Å². The molecule has 1 N–H and O–H groups in total. The van der Waals surface area contributed by atoms with Crippen LogP contribution in [0.1, 0.15) is 37.6 Å². The van der Waals surface area contributed by atoms with Crippen LogP contribution >= 0.6 is 0 Å². The molecule has 1 heterocycles.